The number of carbonyl (C=O) groups excluding carboxylic acids is 1. The van der Waals surface area contributed by atoms with Crippen molar-refractivity contribution in [2.75, 3.05) is 31.1 Å². The van der Waals surface area contributed by atoms with Crippen molar-refractivity contribution in [1.82, 2.24) is 19.4 Å². The molecule has 0 aromatic carbocycles. The van der Waals surface area contributed by atoms with Crippen molar-refractivity contribution >= 4 is 43.9 Å². The average molecular weight is 444 g/mol. The molecule has 5 rings (SSSR count). The van der Waals surface area contributed by atoms with Gasteiger partial charge in [-0.2, -0.15) is 0 Å². The van der Waals surface area contributed by atoms with E-state index in [1.807, 2.05) is 28.0 Å². The molecule has 3 aromatic rings. The largest absolute Gasteiger partial charge is 0.346 e. The van der Waals surface area contributed by atoms with Crippen LogP contribution in [0, 0.1) is 6.92 Å². The molecule has 0 N–H and O–H groups in total. The number of aromatic nitrogens is 3. The second-order valence-corrected chi connectivity index (χ2v) is 9.85. The third-order valence-electron chi connectivity index (χ3n) is 6.08. The molecule has 0 aliphatic carbocycles. The zero-order valence-electron chi connectivity index (χ0n) is 17.1. The summed E-state index contributed by atoms with van der Waals surface area (Å²) in [6.45, 7) is 5.69. The molecule has 5 heterocycles. The third-order valence-corrected chi connectivity index (χ3v) is 8.08. The predicted octanol–water partition coefficient (Wildman–Crippen LogP) is 3.30. The Balaban J connectivity index is 1.44. The molecule has 1 amide bonds. The van der Waals surface area contributed by atoms with Gasteiger partial charge in [-0.15, -0.1) is 22.7 Å². The molecule has 0 atom stereocenters. The second kappa shape index (κ2) is 8.11. The minimum Gasteiger partial charge on any atom is -0.346 e. The first-order valence-corrected chi connectivity index (χ1v) is 12.3. The van der Waals surface area contributed by atoms with Crippen LogP contribution in [-0.4, -0.2) is 51.5 Å². The molecular weight excluding hydrogens is 418 g/mol. The van der Waals surface area contributed by atoms with Gasteiger partial charge in [0.2, 0.25) is 0 Å². The summed E-state index contributed by atoms with van der Waals surface area (Å²) < 4.78 is 1.83. The van der Waals surface area contributed by atoms with Gasteiger partial charge in [-0.1, -0.05) is 6.42 Å². The fraction of sp³-hybridized carbons (Fsp3) is 0.524. The van der Waals surface area contributed by atoms with Crippen LogP contribution in [0.4, 0.5) is 5.13 Å². The van der Waals surface area contributed by atoms with E-state index >= 15 is 0 Å². The number of thiophene rings is 1. The highest BCUT2D eigenvalue weighted by molar-refractivity contribution is 7.20. The summed E-state index contributed by atoms with van der Waals surface area (Å²) in [6, 6.07) is 0. The highest BCUT2D eigenvalue weighted by Gasteiger charge is 2.27. The van der Waals surface area contributed by atoms with Crippen LogP contribution >= 0.6 is 22.7 Å². The number of hydrogen-bond donors (Lipinski definition) is 0. The fourth-order valence-corrected chi connectivity index (χ4v) is 6.30. The van der Waals surface area contributed by atoms with Crippen molar-refractivity contribution in [2.24, 2.45) is 0 Å². The number of hydrogen-bond acceptors (Lipinski definition) is 7. The number of anilines is 1. The van der Waals surface area contributed by atoms with Gasteiger partial charge in [0.05, 0.1) is 10.3 Å². The molecule has 30 heavy (non-hydrogen) atoms. The molecule has 0 bridgehead atoms. The van der Waals surface area contributed by atoms with Crippen molar-refractivity contribution < 1.29 is 4.79 Å². The number of thiazole rings is 1. The highest BCUT2D eigenvalue weighted by Crippen LogP contribution is 2.30. The van der Waals surface area contributed by atoms with E-state index in [0.29, 0.717) is 21.6 Å². The number of carbonyl (C=O) groups is 1. The smallest absolute Gasteiger partial charge is 0.264 e. The van der Waals surface area contributed by atoms with E-state index in [2.05, 4.69) is 9.88 Å². The second-order valence-electron chi connectivity index (χ2n) is 7.98. The van der Waals surface area contributed by atoms with Crippen molar-refractivity contribution in [2.45, 2.75) is 45.6 Å². The molecule has 158 valence electrons. The van der Waals surface area contributed by atoms with E-state index in [0.717, 1.165) is 74.8 Å². The van der Waals surface area contributed by atoms with Gasteiger partial charge in [-0.25, -0.2) is 9.97 Å². The summed E-state index contributed by atoms with van der Waals surface area (Å²) in [5.74, 6) is 0.898. The van der Waals surface area contributed by atoms with Gasteiger partial charge >= 0.3 is 0 Å². The number of rotatable bonds is 2. The van der Waals surface area contributed by atoms with E-state index in [1.165, 1.54) is 11.3 Å². The van der Waals surface area contributed by atoms with Gasteiger partial charge in [0.25, 0.3) is 11.5 Å². The Morgan fingerprint density at radius 1 is 1.07 bits per heavy atom. The first kappa shape index (κ1) is 19.7. The lowest BCUT2D eigenvalue weighted by Gasteiger charge is -2.21. The first-order chi connectivity index (χ1) is 14.6. The van der Waals surface area contributed by atoms with Crippen LogP contribution in [0.25, 0.3) is 10.2 Å². The molecule has 7 nitrogen and oxygen atoms in total. The first-order valence-electron chi connectivity index (χ1n) is 10.6. The van der Waals surface area contributed by atoms with Crippen molar-refractivity contribution in [3.63, 3.8) is 0 Å². The van der Waals surface area contributed by atoms with Crippen LogP contribution in [0.3, 0.4) is 0 Å². The van der Waals surface area contributed by atoms with E-state index in [1.54, 1.807) is 11.3 Å². The zero-order chi connectivity index (χ0) is 20.7. The minimum atomic E-state index is 0.0236. The maximum Gasteiger partial charge on any atom is 0.264 e. The lowest BCUT2D eigenvalue weighted by atomic mass is 10.2. The van der Waals surface area contributed by atoms with Crippen LogP contribution < -0.4 is 10.5 Å². The summed E-state index contributed by atoms with van der Waals surface area (Å²) in [5, 5.41) is 3.63. The third kappa shape index (κ3) is 3.43. The Bertz CT molecular complexity index is 1130. The average Bonchev–Trinajstić information content (AvgIpc) is 3.21. The van der Waals surface area contributed by atoms with Crippen molar-refractivity contribution in [1.29, 1.82) is 0 Å². The van der Waals surface area contributed by atoms with Gasteiger partial charge < -0.3 is 9.80 Å². The molecule has 9 heteroatoms. The van der Waals surface area contributed by atoms with E-state index in [9.17, 15) is 9.59 Å². The maximum atomic E-state index is 13.4. The van der Waals surface area contributed by atoms with E-state index < -0.39 is 0 Å². The fourth-order valence-electron chi connectivity index (χ4n) is 4.44. The van der Waals surface area contributed by atoms with Crippen LogP contribution in [-0.2, 0) is 13.0 Å². The predicted molar refractivity (Wildman–Crippen MR) is 121 cm³/mol. The Hall–Kier alpha value is -2.26. The molecule has 0 saturated carbocycles. The number of nitrogens with zero attached hydrogens (tertiary/aromatic N) is 5. The Labute approximate surface area is 183 Å². The number of aryl methyl sites for hydroxylation is 2. The molecule has 0 radical (unpaired) electrons. The SMILES string of the molecule is Cc1c(C(=O)N2CCCN(c3nccs3)CC2)sc2nc3n(c(=O)c12)CCCCC3. The molecule has 1 fully saturated rings. The standard InChI is InChI=1S/C21H25N5O2S2/c1-14-16-18(23-15-6-3-2-4-10-26(15)19(16)27)30-17(14)20(28)24-8-5-9-25(12-11-24)21-22-7-13-29-21/h7,13H,2-6,8-12H2,1H3. The molecule has 0 unspecified atom stereocenters. The van der Waals surface area contributed by atoms with Gasteiger partial charge in [0, 0.05) is 50.7 Å². The number of fused-ring (bicyclic) bond motifs is 2. The minimum absolute atomic E-state index is 0.0236. The molecule has 3 aromatic heterocycles. The van der Waals surface area contributed by atoms with Crippen molar-refractivity contribution in [3.05, 3.63) is 38.2 Å². The highest BCUT2D eigenvalue weighted by atomic mass is 32.1. The lowest BCUT2D eigenvalue weighted by molar-refractivity contribution is 0.0771. The Kier molecular flexibility index (Phi) is 5.32. The normalized spacial score (nSPS) is 17.6. The zero-order valence-corrected chi connectivity index (χ0v) is 18.7. The molecule has 2 aliphatic rings. The van der Waals surface area contributed by atoms with Gasteiger partial charge in [-0.05, 0) is 31.7 Å². The Morgan fingerprint density at radius 3 is 2.80 bits per heavy atom. The van der Waals surface area contributed by atoms with Crippen LogP contribution in [0.15, 0.2) is 16.4 Å². The molecule has 1 saturated heterocycles. The summed E-state index contributed by atoms with van der Waals surface area (Å²) in [5.41, 5.74) is 0.814. The van der Waals surface area contributed by atoms with Gasteiger partial charge in [0.1, 0.15) is 10.7 Å². The summed E-state index contributed by atoms with van der Waals surface area (Å²) in [6.07, 6.45) is 6.78. The summed E-state index contributed by atoms with van der Waals surface area (Å²) >= 11 is 3.02. The Morgan fingerprint density at radius 2 is 1.97 bits per heavy atom. The summed E-state index contributed by atoms with van der Waals surface area (Å²) in [7, 11) is 0. The van der Waals surface area contributed by atoms with Crippen molar-refractivity contribution in [3.8, 4) is 0 Å². The van der Waals surface area contributed by atoms with Crippen LogP contribution in [0.5, 0.6) is 0 Å². The molecule has 0 spiro atoms. The topological polar surface area (TPSA) is 71.3 Å². The quantitative estimate of drug-likeness (QED) is 0.608. The van der Waals surface area contributed by atoms with Gasteiger partial charge in [0.15, 0.2) is 5.13 Å². The maximum absolute atomic E-state index is 13.4. The summed E-state index contributed by atoms with van der Waals surface area (Å²) in [4.78, 5) is 41.3. The van der Waals surface area contributed by atoms with E-state index in [4.69, 9.17) is 4.98 Å². The molecular formula is C21H25N5O2S2. The lowest BCUT2D eigenvalue weighted by Crippen LogP contribution is -2.35. The van der Waals surface area contributed by atoms with Gasteiger partial charge in [-0.3, -0.25) is 14.2 Å². The van der Waals surface area contributed by atoms with Crippen LogP contribution in [0.2, 0.25) is 0 Å². The number of amides is 1. The van der Waals surface area contributed by atoms with E-state index in [-0.39, 0.29) is 11.5 Å². The monoisotopic (exact) mass is 443 g/mol. The molecule has 2 aliphatic heterocycles. The van der Waals surface area contributed by atoms with Crippen LogP contribution in [0.1, 0.15) is 46.7 Å².